The van der Waals surface area contributed by atoms with Crippen molar-refractivity contribution in [1.29, 1.82) is 0 Å². The highest BCUT2D eigenvalue weighted by Gasteiger charge is 2.46. The minimum atomic E-state index is -4.05. The van der Waals surface area contributed by atoms with Gasteiger partial charge in [-0.05, 0) is 17.8 Å². The van der Waals surface area contributed by atoms with E-state index in [1.54, 1.807) is 13.0 Å². The first kappa shape index (κ1) is 10.6. The maximum atomic E-state index is 12.5. The third-order valence-corrected chi connectivity index (χ3v) is 2.65. The summed E-state index contributed by atoms with van der Waals surface area (Å²) >= 11 is 0. The summed E-state index contributed by atoms with van der Waals surface area (Å²) in [6.07, 6.45) is -0.281. The van der Waals surface area contributed by atoms with Gasteiger partial charge in [-0.15, -0.1) is 0 Å². The topological polar surface area (TPSA) is 0 Å². The smallest absolute Gasteiger partial charge is 0.171 e. The first-order valence-electron chi connectivity index (χ1n) is 4.48. The lowest BCUT2D eigenvalue weighted by Gasteiger charge is -2.35. The summed E-state index contributed by atoms with van der Waals surface area (Å²) in [5, 5.41) is 0. The quantitative estimate of drug-likeness (QED) is 0.512. The summed E-state index contributed by atoms with van der Waals surface area (Å²) in [6, 6.07) is 0. The van der Waals surface area contributed by atoms with Gasteiger partial charge in [0.05, 0.1) is 5.92 Å². The Bertz CT molecular complexity index is 213. The third-order valence-electron chi connectivity index (χ3n) is 2.65. The van der Waals surface area contributed by atoms with Gasteiger partial charge in [0.2, 0.25) is 0 Å². The molecule has 2 atom stereocenters. The molecule has 1 aliphatic rings. The van der Waals surface area contributed by atoms with Gasteiger partial charge >= 0.3 is 6.18 Å². The van der Waals surface area contributed by atoms with E-state index in [1.165, 1.54) is 0 Å². The molecule has 0 nitrogen and oxygen atoms in total. The van der Waals surface area contributed by atoms with Crippen LogP contribution in [0, 0.1) is 17.3 Å². The van der Waals surface area contributed by atoms with Crippen LogP contribution in [0.1, 0.15) is 27.2 Å². The van der Waals surface area contributed by atoms with E-state index >= 15 is 0 Å². The number of alkyl halides is 3. The zero-order valence-electron chi connectivity index (χ0n) is 8.15. The fraction of sp³-hybridized carbons (Fsp3) is 0.800. The number of rotatable bonds is 0. The van der Waals surface area contributed by atoms with Crippen molar-refractivity contribution in [3.05, 3.63) is 12.2 Å². The summed E-state index contributed by atoms with van der Waals surface area (Å²) in [5.41, 5.74) is -0.313. The van der Waals surface area contributed by atoms with E-state index in [0.29, 0.717) is 0 Å². The summed E-state index contributed by atoms with van der Waals surface area (Å²) in [4.78, 5) is 0. The Balaban J connectivity index is 2.84. The Hall–Kier alpha value is -0.470. The molecule has 0 radical (unpaired) electrons. The average molecular weight is 192 g/mol. The van der Waals surface area contributed by atoms with Crippen molar-refractivity contribution in [2.45, 2.75) is 33.4 Å². The molecule has 0 aromatic carbocycles. The van der Waals surface area contributed by atoms with Crippen LogP contribution in [0.2, 0.25) is 0 Å². The highest BCUT2D eigenvalue weighted by atomic mass is 19.4. The van der Waals surface area contributed by atoms with Crippen LogP contribution >= 0.6 is 0 Å². The molecule has 76 valence electrons. The molecule has 0 saturated carbocycles. The molecule has 0 aromatic heterocycles. The number of hydrogen-bond donors (Lipinski definition) is 0. The summed E-state index contributed by atoms with van der Waals surface area (Å²) in [7, 11) is 0. The van der Waals surface area contributed by atoms with E-state index in [9.17, 15) is 13.2 Å². The second-order valence-corrected chi connectivity index (χ2v) is 4.56. The fourth-order valence-electron chi connectivity index (χ4n) is 1.78. The second-order valence-electron chi connectivity index (χ2n) is 4.56. The van der Waals surface area contributed by atoms with Gasteiger partial charge < -0.3 is 0 Å². The van der Waals surface area contributed by atoms with E-state index in [4.69, 9.17) is 0 Å². The van der Waals surface area contributed by atoms with Crippen LogP contribution in [0.5, 0.6) is 0 Å². The van der Waals surface area contributed by atoms with Gasteiger partial charge in [-0.1, -0.05) is 32.9 Å². The Morgan fingerprint density at radius 2 is 1.85 bits per heavy atom. The van der Waals surface area contributed by atoms with Crippen molar-refractivity contribution in [3.63, 3.8) is 0 Å². The summed E-state index contributed by atoms with van der Waals surface area (Å²) in [6.45, 7) is 5.31. The Morgan fingerprint density at radius 3 is 2.23 bits per heavy atom. The molecule has 0 saturated heterocycles. The van der Waals surface area contributed by atoms with E-state index < -0.39 is 12.1 Å². The van der Waals surface area contributed by atoms with Crippen LogP contribution in [0.15, 0.2) is 12.2 Å². The number of halogens is 3. The first-order valence-corrected chi connectivity index (χ1v) is 4.48. The van der Waals surface area contributed by atoms with Gasteiger partial charge in [0.25, 0.3) is 0 Å². The molecular weight excluding hydrogens is 177 g/mol. The van der Waals surface area contributed by atoms with E-state index in [2.05, 4.69) is 0 Å². The predicted molar refractivity (Wildman–Crippen MR) is 46.2 cm³/mol. The number of hydrogen-bond acceptors (Lipinski definition) is 0. The molecule has 0 N–H and O–H groups in total. The molecule has 0 heterocycles. The zero-order valence-corrected chi connectivity index (χ0v) is 8.15. The molecule has 0 fully saturated rings. The van der Waals surface area contributed by atoms with Crippen molar-refractivity contribution in [2.24, 2.45) is 17.3 Å². The van der Waals surface area contributed by atoms with Crippen molar-refractivity contribution in [1.82, 2.24) is 0 Å². The minimum absolute atomic E-state index is 0.203. The van der Waals surface area contributed by atoms with Gasteiger partial charge in [-0.3, -0.25) is 0 Å². The minimum Gasteiger partial charge on any atom is -0.171 e. The highest BCUT2D eigenvalue weighted by molar-refractivity contribution is 5.06. The van der Waals surface area contributed by atoms with Crippen molar-refractivity contribution in [2.75, 3.05) is 0 Å². The van der Waals surface area contributed by atoms with Gasteiger partial charge in [0, 0.05) is 0 Å². The van der Waals surface area contributed by atoms with Crippen LogP contribution < -0.4 is 0 Å². The lowest BCUT2D eigenvalue weighted by molar-refractivity contribution is -0.191. The third kappa shape index (κ3) is 2.48. The van der Waals surface area contributed by atoms with Crippen molar-refractivity contribution < 1.29 is 13.2 Å². The van der Waals surface area contributed by atoms with Gasteiger partial charge in [0.15, 0.2) is 0 Å². The van der Waals surface area contributed by atoms with Crippen LogP contribution in [0.25, 0.3) is 0 Å². The van der Waals surface area contributed by atoms with Gasteiger partial charge in [0.1, 0.15) is 0 Å². The molecule has 13 heavy (non-hydrogen) atoms. The van der Waals surface area contributed by atoms with Crippen molar-refractivity contribution >= 4 is 0 Å². The van der Waals surface area contributed by atoms with E-state index in [-0.39, 0.29) is 17.8 Å². The molecule has 0 aliphatic heterocycles. The molecule has 2 unspecified atom stereocenters. The molecular formula is C10H15F3. The molecule has 0 spiro atoms. The maximum Gasteiger partial charge on any atom is 0.392 e. The Morgan fingerprint density at radius 1 is 1.31 bits per heavy atom. The maximum absolute atomic E-state index is 12.5. The molecule has 0 aromatic rings. The predicted octanol–water partition coefficient (Wildman–Crippen LogP) is 3.79. The Labute approximate surface area is 76.8 Å². The monoisotopic (exact) mass is 192 g/mol. The molecule has 1 aliphatic carbocycles. The lowest BCUT2D eigenvalue weighted by atomic mass is 9.72. The second kappa shape index (κ2) is 3.03. The van der Waals surface area contributed by atoms with Crippen LogP contribution in [0.4, 0.5) is 13.2 Å². The molecule has 1 rings (SSSR count). The summed E-state index contributed by atoms with van der Waals surface area (Å²) in [5.74, 6) is -1.56. The van der Waals surface area contributed by atoms with Crippen LogP contribution in [-0.4, -0.2) is 6.18 Å². The van der Waals surface area contributed by atoms with Crippen molar-refractivity contribution in [3.8, 4) is 0 Å². The van der Waals surface area contributed by atoms with E-state index in [1.807, 2.05) is 19.9 Å². The zero-order chi connectivity index (χ0) is 10.3. The van der Waals surface area contributed by atoms with Gasteiger partial charge in [-0.2, -0.15) is 13.2 Å². The average Bonchev–Trinajstić information content (AvgIpc) is 1.92. The Kier molecular flexibility index (Phi) is 2.48. The molecule has 0 bridgehead atoms. The molecule has 3 heteroatoms. The van der Waals surface area contributed by atoms with Crippen LogP contribution in [0.3, 0.4) is 0 Å². The van der Waals surface area contributed by atoms with Gasteiger partial charge in [-0.25, -0.2) is 0 Å². The fourth-order valence-corrected chi connectivity index (χ4v) is 1.78. The summed E-state index contributed by atoms with van der Waals surface area (Å²) < 4.78 is 37.5. The standard InChI is InChI=1S/C10H15F3/c1-7-4-5-9(2,3)6-8(7)10(11,12)13/h4-5,7-8H,6H2,1-3H3. The van der Waals surface area contributed by atoms with E-state index in [0.717, 1.165) is 0 Å². The number of allylic oxidation sites excluding steroid dienone is 2. The molecule has 0 amide bonds. The highest BCUT2D eigenvalue weighted by Crippen LogP contribution is 2.44. The van der Waals surface area contributed by atoms with Crippen LogP contribution in [-0.2, 0) is 0 Å². The SMILES string of the molecule is CC1C=CC(C)(C)CC1C(F)(F)F. The largest absolute Gasteiger partial charge is 0.392 e. The normalized spacial score (nSPS) is 33.4. The lowest BCUT2D eigenvalue weighted by Crippen LogP contribution is -2.34. The first-order chi connectivity index (χ1) is 5.72.